The largest absolute Gasteiger partial charge is 0.493 e. The SMILES string of the molecule is NCc1c(OCCc2cccs2)ccc2ccccc12. The van der Waals surface area contributed by atoms with Crippen molar-refractivity contribution in [3.8, 4) is 5.75 Å². The molecule has 1 heterocycles. The number of ether oxygens (including phenoxy) is 1. The summed E-state index contributed by atoms with van der Waals surface area (Å²) in [6, 6.07) is 16.6. The Hall–Kier alpha value is -1.84. The smallest absolute Gasteiger partial charge is 0.124 e. The van der Waals surface area contributed by atoms with Gasteiger partial charge in [-0.1, -0.05) is 36.4 Å². The second-order valence-electron chi connectivity index (χ2n) is 4.65. The Morgan fingerprint density at radius 2 is 1.90 bits per heavy atom. The highest BCUT2D eigenvalue weighted by molar-refractivity contribution is 7.09. The van der Waals surface area contributed by atoms with Crippen LogP contribution in [0.5, 0.6) is 5.75 Å². The minimum atomic E-state index is 0.496. The molecule has 0 aliphatic rings. The van der Waals surface area contributed by atoms with E-state index in [9.17, 15) is 0 Å². The van der Waals surface area contributed by atoms with Crippen molar-refractivity contribution in [2.75, 3.05) is 6.61 Å². The summed E-state index contributed by atoms with van der Waals surface area (Å²) >= 11 is 1.77. The zero-order chi connectivity index (χ0) is 13.8. The predicted octanol–water partition coefficient (Wildman–Crippen LogP) is 3.98. The highest BCUT2D eigenvalue weighted by Gasteiger charge is 2.07. The van der Waals surface area contributed by atoms with Crippen LogP contribution >= 0.6 is 11.3 Å². The third kappa shape index (κ3) is 2.69. The number of hydrogen-bond donors (Lipinski definition) is 1. The lowest BCUT2D eigenvalue weighted by Gasteiger charge is -2.12. The van der Waals surface area contributed by atoms with Gasteiger partial charge in [0.05, 0.1) is 6.61 Å². The predicted molar refractivity (Wildman–Crippen MR) is 85.4 cm³/mol. The molecule has 2 nitrogen and oxygen atoms in total. The molecule has 0 radical (unpaired) electrons. The topological polar surface area (TPSA) is 35.2 Å². The Morgan fingerprint density at radius 3 is 2.70 bits per heavy atom. The number of benzene rings is 2. The minimum absolute atomic E-state index is 0.496. The number of thiophene rings is 1. The van der Waals surface area contributed by atoms with E-state index < -0.39 is 0 Å². The van der Waals surface area contributed by atoms with Crippen molar-refractivity contribution in [3.05, 3.63) is 64.4 Å². The van der Waals surface area contributed by atoms with E-state index in [1.807, 2.05) is 18.2 Å². The average molecular weight is 283 g/mol. The van der Waals surface area contributed by atoms with Gasteiger partial charge in [-0.05, 0) is 28.3 Å². The standard InChI is InChI=1S/C17H17NOS/c18-12-16-15-6-2-1-4-13(15)7-8-17(16)19-10-9-14-5-3-11-20-14/h1-8,11H,9-10,12,18H2. The van der Waals surface area contributed by atoms with Crippen molar-refractivity contribution in [1.29, 1.82) is 0 Å². The monoisotopic (exact) mass is 283 g/mol. The summed E-state index contributed by atoms with van der Waals surface area (Å²) in [5.41, 5.74) is 7.00. The van der Waals surface area contributed by atoms with Gasteiger partial charge >= 0.3 is 0 Å². The number of nitrogens with two attached hydrogens (primary N) is 1. The lowest BCUT2D eigenvalue weighted by atomic mass is 10.0. The van der Waals surface area contributed by atoms with E-state index in [1.54, 1.807) is 11.3 Å². The Morgan fingerprint density at radius 1 is 1.00 bits per heavy atom. The molecule has 0 aliphatic heterocycles. The molecule has 0 bridgehead atoms. The summed E-state index contributed by atoms with van der Waals surface area (Å²) in [5.74, 6) is 0.905. The quantitative estimate of drug-likeness (QED) is 0.768. The van der Waals surface area contributed by atoms with Gasteiger partial charge in [-0.3, -0.25) is 0 Å². The van der Waals surface area contributed by atoms with Gasteiger partial charge in [-0.15, -0.1) is 11.3 Å². The van der Waals surface area contributed by atoms with Gasteiger partial charge in [-0.2, -0.15) is 0 Å². The van der Waals surface area contributed by atoms with Crippen molar-refractivity contribution >= 4 is 22.1 Å². The third-order valence-corrected chi connectivity index (χ3v) is 4.32. The first-order valence-electron chi connectivity index (χ1n) is 6.74. The van der Waals surface area contributed by atoms with Crippen molar-refractivity contribution in [2.45, 2.75) is 13.0 Å². The van der Waals surface area contributed by atoms with Crippen LogP contribution in [0.2, 0.25) is 0 Å². The molecule has 0 aliphatic carbocycles. The van der Waals surface area contributed by atoms with Crippen LogP contribution in [-0.2, 0) is 13.0 Å². The molecule has 1 aromatic heterocycles. The van der Waals surface area contributed by atoms with Crippen LogP contribution in [0.1, 0.15) is 10.4 Å². The number of hydrogen-bond acceptors (Lipinski definition) is 3. The summed E-state index contributed by atoms with van der Waals surface area (Å²) in [5, 5.41) is 4.48. The Bertz CT molecular complexity index is 691. The molecule has 0 atom stereocenters. The molecule has 0 spiro atoms. The van der Waals surface area contributed by atoms with E-state index >= 15 is 0 Å². The fraction of sp³-hybridized carbons (Fsp3) is 0.176. The van der Waals surface area contributed by atoms with Crippen LogP contribution in [0, 0.1) is 0 Å². The van der Waals surface area contributed by atoms with Gasteiger partial charge in [0.1, 0.15) is 5.75 Å². The maximum atomic E-state index is 5.94. The molecule has 20 heavy (non-hydrogen) atoms. The zero-order valence-electron chi connectivity index (χ0n) is 11.2. The lowest BCUT2D eigenvalue weighted by Crippen LogP contribution is -2.05. The maximum Gasteiger partial charge on any atom is 0.124 e. The first kappa shape index (κ1) is 13.2. The van der Waals surface area contributed by atoms with Gasteiger partial charge in [-0.25, -0.2) is 0 Å². The molecule has 0 saturated heterocycles. The molecular weight excluding hydrogens is 266 g/mol. The van der Waals surface area contributed by atoms with Crippen LogP contribution in [0.15, 0.2) is 53.9 Å². The molecule has 2 N–H and O–H groups in total. The number of fused-ring (bicyclic) bond motifs is 1. The van der Waals surface area contributed by atoms with Crippen LogP contribution in [0.4, 0.5) is 0 Å². The fourth-order valence-electron chi connectivity index (χ4n) is 2.38. The van der Waals surface area contributed by atoms with Gasteiger partial charge in [0.25, 0.3) is 0 Å². The Balaban J connectivity index is 1.80. The fourth-order valence-corrected chi connectivity index (χ4v) is 3.07. The second kappa shape index (κ2) is 6.07. The molecule has 3 heteroatoms. The maximum absolute atomic E-state index is 5.94. The van der Waals surface area contributed by atoms with Crippen molar-refractivity contribution < 1.29 is 4.74 Å². The lowest BCUT2D eigenvalue weighted by molar-refractivity contribution is 0.320. The Labute approximate surface area is 122 Å². The summed E-state index contributed by atoms with van der Waals surface area (Å²) in [6.07, 6.45) is 0.939. The Kier molecular flexibility index (Phi) is 4.00. The van der Waals surface area contributed by atoms with E-state index in [2.05, 4.69) is 35.7 Å². The molecule has 3 aromatic rings. The molecule has 2 aromatic carbocycles. The van der Waals surface area contributed by atoms with E-state index in [1.165, 1.54) is 15.6 Å². The van der Waals surface area contributed by atoms with Gasteiger partial charge in [0.2, 0.25) is 0 Å². The van der Waals surface area contributed by atoms with Gasteiger partial charge < -0.3 is 10.5 Å². The van der Waals surface area contributed by atoms with Crippen LogP contribution in [-0.4, -0.2) is 6.61 Å². The van der Waals surface area contributed by atoms with Gasteiger partial charge in [0.15, 0.2) is 0 Å². The highest BCUT2D eigenvalue weighted by Crippen LogP contribution is 2.27. The summed E-state index contributed by atoms with van der Waals surface area (Å²) in [7, 11) is 0. The van der Waals surface area contributed by atoms with Crippen molar-refractivity contribution in [2.24, 2.45) is 5.73 Å². The van der Waals surface area contributed by atoms with Gasteiger partial charge in [0, 0.05) is 23.4 Å². The highest BCUT2D eigenvalue weighted by atomic mass is 32.1. The molecule has 0 amide bonds. The number of rotatable bonds is 5. The first-order valence-corrected chi connectivity index (χ1v) is 7.62. The second-order valence-corrected chi connectivity index (χ2v) is 5.68. The van der Waals surface area contributed by atoms with E-state index in [-0.39, 0.29) is 0 Å². The molecule has 0 fully saturated rings. The first-order chi connectivity index (χ1) is 9.88. The van der Waals surface area contributed by atoms with Crippen LogP contribution < -0.4 is 10.5 Å². The zero-order valence-corrected chi connectivity index (χ0v) is 12.0. The average Bonchev–Trinajstić information content (AvgIpc) is 3.00. The van der Waals surface area contributed by atoms with Crippen LogP contribution in [0.25, 0.3) is 10.8 Å². The van der Waals surface area contributed by atoms with E-state index in [4.69, 9.17) is 10.5 Å². The molecule has 102 valence electrons. The molecule has 3 rings (SSSR count). The summed E-state index contributed by atoms with van der Waals surface area (Å²) < 4.78 is 5.94. The molecule has 0 saturated carbocycles. The molecule has 0 unspecified atom stereocenters. The summed E-state index contributed by atoms with van der Waals surface area (Å²) in [4.78, 5) is 1.35. The minimum Gasteiger partial charge on any atom is -0.493 e. The van der Waals surface area contributed by atoms with E-state index in [0.29, 0.717) is 13.2 Å². The third-order valence-electron chi connectivity index (χ3n) is 3.39. The van der Waals surface area contributed by atoms with Crippen molar-refractivity contribution in [3.63, 3.8) is 0 Å². The summed E-state index contributed by atoms with van der Waals surface area (Å²) in [6.45, 7) is 1.18. The van der Waals surface area contributed by atoms with Crippen LogP contribution in [0.3, 0.4) is 0 Å². The normalized spacial score (nSPS) is 10.8. The molecular formula is C17H17NOS. The van der Waals surface area contributed by atoms with Crippen molar-refractivity contribution in [1.82, 2.24) is 0 Å². The van der Waals surface area contributed by atoms with E-state index in [0.717, 1.165) is 17.7 Å².